The first kappa shape index (κ1) is 19.0. The van der Waals surface area contributed by atoms with Crippen LogP contribution >= 0.6 is 23.5 Å². The van der Waals surface area contributed by atoms with Gasteiger partial charge < -0.3 is 9.05 Å². The van der Waals surface area contributed by atoms with Crippen LogP contribution in [0.3, 0.4) is 0 Å². The second kappa shape index (κ2) is 7.70. The van der Waals surface area contributed by atoms with Crippen LogP contribution in [0.25, 0.3) is 0 Å². The quantitative estimate of drug-likeness (QED) is 0.566. The number of likely N-dealkylation sites (tertiary alicyclic amines) is 1. The van der Waals surface area contributed by atoms with E-state index in [1.165, 1.54) is 26.3 Å². The molecular weight excluding hydrogens is 391 g/mol. The van der Waals surface area contributed by atoms with Gasteiger partial charge in [0.25, 0.3) is 0 Å². The zero-order valence-corrected chi connectivity index (χ0v) is 15.7. The maximum Gasteiger partial charge on any atom is 0.404 e. The second-order valence-electron chi connectivity index (χ2n) is 5.32. The number of halogens is 3. The molecule has 130 valence electrons. The Kier molecular flexibility index (Phi) is 6.36. The highest BCUT2D eigenvalue weighted by Gasteiger charge is 2.55. The number of alkyl halides is 2. The second-order valence-corrected chi connectivity index (χ2v) is 8.25. The summed E-state index contributed by atoms with van der Waals surface area (Å²) in [7, 11) is -4.58. The van der Waals surface area contributed by atoms with Gasteiger partial charge in [-0.05, 0) is 45.0 Å². The van der Waals surface area contributed by atoms with Gasteiger partial charge in [-0.25, -0.2) is 0 Å². The van der Waals surface area contributed by atoms with Crippen molar-refractivity contribution in [2.24, 2.45) is 0 Å². The molecule has 4 nitrogen and oxygen atoms in total. The molecule has 0 radical (unpaired) electrons. The van der Waals surface area contributed by atoms with Gasteiger partial charge in [0.05, 0.1) is 13.2 Å². The standard InChI is InChI=1S/C15H21BrF2NO3P/c1-3-21-23(20,22-4-2)15(17,18)13-7-6-12(10-14(13)16)11-19-8-5-9-19/h6-7,10H,3-5,8-9,11H2,1-2H3. The van der Waals surface area contributed by atoms with E-state index in [1.54, 1.807) is 12.1 Å². The smallest absolute Gasteiger partial charge is 0.304 e. The molecular formula is C15H21BrF2NO3P. The molecule has 1 heterocycles. The van der Waals surface area contributed by atoms with E-state index in [0.717, 1.165) is 25.2 Å². The Labute approximate surface area is 143 Å². The fraction of sp³-hybridized carbons (Fsp3) is 0.600. The van der Waals surface area contributed by atoms with Crippen LogP contribution in [-0.4, -0.2) is 31.2 Å². The van der Waals surface area contributed by atoms with Crippen LogP contribution in [0.5, 0.6) is 0 Å². The van der Waals surface area contributed by atoms with E-state index in [4.69, 9.17) is 9.05 Å². The Morgan fingerprint density at radius 3 is 2.30 bits per heavy atom. The van der Waals surface area contributed by atoms with Crippen molar-refractivity contribution >= 4 is 23.5 Å². The third kappa shape index (κ3) is 4.02. The normalized spacial score (nSPS) is 16.4. The van der Waals surface area contributed by atoms with Gasteiger partial charge in [-0.1, -0.05) is 28.1 Å². The Hall–Kier alpha value is -0.330. The van der Waals surface area contributed by atoms with Gasteiger partial charge in [0, 0.05) is 16.6 Å². The largest absolute Gasteiger partial charge is 0.404 e. The zero-order chi connectivity index (χ0) is 17.1. The Bertz CT molecular complexity index is 586. The van der Waals surface area contributed by atoms with Crippen LogP contribution in [0.15, 0.2) is 22.7 Å². The average molecular weight is 412 g/mol. The lowest BCUT2D eigenvalue weighted by molar-refractivity contribution is 0.0354. The predicted molar refractivity (Wildman–Crippen MR) is 88.8 cm³/mol. The molecule has 8 heteroatoms. The number of hydrogen-bond donors (Lipinski definition) is 0. The lowest BCUT2D eigenvalue weighted by Crippen LogP contribution is -2.36. The topological polar surface area (TPSA) is 38.8 Å². The van der Waals surface area contributed by atoms with Gasteiger partial charge in [0.1, 0.15) is 0 Å². The van der Waals surface area contributed by atoms with Crippen LogP contribution in [-0.2, 0) is 25.8 Å². The molecule has 0 saturated carbocycles. The summed E-state index contributed by atoms with van der Waals surface area (Å²) in [5, 5.41) is 0. The van der Waals surface area contributed by atoms with Crippen molar-refractivity contribution in [1.82, 2.24) is 4.90 Å². The van der Waals surface area contributed by atoms with Gasteiger partial charge in [0.2, 0.25) is 0 Å². The first-order valence-electron chi connectivity index (χ1n) is 7.62. The molecule has 0 amide bonds. The highest BCUT2D eigenvalue weighted by atomic mass is 79.9. The highest BCUT2D eigenvalue weighted by molar-refractivity contribution is 9.10. The molecule has 1 fully saturated rings. The molecule has 0 spiro atoms. The molecule has 23 heavy (non-hydrogen) atoms. The third-order valence-corrected chi connectivity index (χ3v) is 6.44. The minimum Gasteiger partial charge on any atom is -0.304 e. The Morgan fingerprint density at radius 1 is 1.26 bits per heavy atom. The Balaban J connectivity index is 2.28. The van der Waals surface area contributed by atoms with Gasteiger partial charge in [-0.2, -0.15) is 8.78 Å². The van der Waals surface area contributed by atoms with E-state index in [0.29, 0.717) is 0 Å². The van der Waals surface area contributed by atoms with Crippen LogP contribution in [0.2, 0.25) is 0 Å². The fourth-order valence-electron chi connectivity index (χ4n) is 2.39. The van der Waals surface area contributed by atoms with Crippen LogP contribution in [0, 0.1) is 0 Å². The van der Waals surface area contributed by atoms with Gasteiger partial charge in [-0.15, -0.1) is 0 Å². The molecule has 0 aromatic heterocycles. The number of hydrogen-bond acceptors (Lipinski definition) is 4. The summed E-state index contributed by atoms with van der Waals surface area (Å²) in [4.78, 5) is 2.23. The molecule has 0 aliphatic carbocycles. The first-order valence-corrected chi connectivity index (χ1v) is 9.96. The monoisotopic (exact) mass is 411 g/mol. The minimum atomic E-state index is -4.58. The lowest BCUT2D eigenvalue weighted by atomic mass is 10.1. The molecule has 0 unspecified atom stereocenters. The summed E-state index contributed by atoms with van der Waals surface area (Å²) in [5.74, 6) is 0. The number of rotatable bonds is 8. The first-order chi connectivity index (χ1) is 10.8. The molecule has 1 aliphatic rings. The van der Waals surface area contributed by atoms with E-state index < -0.39 is 13.3 Å². The van der Waals surface area contributed by atoms with E-state index in [9.17, 15) is 13.3 Å². The van der Waals surface area contributed by atoms with Gasteiger partial charge in [-0.3, -0.25) is 9.46 Å². The highest BCUT2D eigenvalue weighted by Crippen LogP contribution is 2.67. The molecule has 0 N–H and O–H groups in total. The summed E-state index contributed by atoms with van der Waals surface area (Å²) >= 11 is 3.18. The van der Waals surface area contributed by atoms with Crippen molar-refractivity contribution in [2.75, 3.05) is 26.3 Å². The van der Waals surface area contributed by atoms with Crippen molar-refractivity contribution < 1.29 is 22.4 Å². The molecule has 1 aromatic carbocycles. The van der Waals surface area contributed by atoms with Crippen molar-refractivity contribution in [1.29, 1.82) is 0 Å². The van der Waals surface area contributed by atoms with Gasteiger partial charge >= 0.3 is 13.3 Å². The summed E-state index contributed by atoms with van der Waals surface area (Å²) < 4.78 is 51.8. The number of nitrogens with zero attached hydrogens (tertiary/aromatic N) is 1. The van der Waals surface area contributed by atoms with Crippen molar-refractivity contribution in [3.63, 3.8) is 0 Å². The molecule has 1 saturated heterocycles. The SMILES string of the molecule is CCOP(=O)(OCC)C(F)(F)c1ccc(CN2CCC2)cc1Br. The minimum absolute atomic E-state index is 0.114. The molecule has 2 rings (SSSR count). The maximum absolute atomic E-state index is 14.8. The fourth-order valence-corrected chi connectivity index (χ4v) is 4.78. The van der Waals surface area contributed by atoms with Crippen molar-refractivity contribution in [3.05, 3.63) is 33.8 Å². The summed E-state index contributed by atoms with van der Waals surface area (Å²) in [5.41, 5.74) is -3.17. The van der Waals surface area contributed by atoms with Crippen molar-refractivity contribution in [3.8, 4) is 0 Å². The van der Waals surface area contributed by atoms with Crippen LogP contribution in [0.1, 0.15) is 31.4 Å². The summed E-state index contributed by atoms with van der Waals surface area (Å²) in [6.45, 7) is 5.56. The van der Waals surface area contributed by atoms with Crippen molar-refractivity contribution in [2.45, 2.75) is 32.5 Å². The number of benzene rings is 1. The Morgan fingerprint density at radius 2 is 1.87 bits per heavy atom. The molecule has 0 bridgehead atoms. The van der Waals surface area contributed by atoms with Crippen LogP contribution in [0.4, 0.5) is 8.78 Å². The summed E-state index contributed by atoms with van der Waals surface area (Å²) in [6.07, 6.45) is 1.17. The zero-order valence-electron chi connectivity index (χ0n) is 13.2. The van der Waals surface area contributed by atoms with E-state index in [1.807, 2.05) is 0 Å². The maximum atomic E-state index is 14.8. The third-order valence-electron chi connectivity index (χ3n) is 3.65. The average Bonchev–Trinajstić information content (AvgIpc) is 2.43. The molecule has 0 atom stereocenters. The lowest BCUT2D eigenvalue weighted by Gasteiger charge is -2.31. The van der Waals surface area contributed by atoms with E-state index >= 15 is 0 Å². The van der Waals surface area contributed by atoms with Crippen LogP contribution < -0.4 is 0 Å². The molecule has 1 aliphatic heterocycles. The van der Waals surface area contributed by atoms with E-state index in [-0.39, 0.29) is 23.2 Å². The molecule has 1 aromatic rings. The van der Waals surface area contributed by atoms with E-state index in [2.05, 4.69) is 20.8 Å². The summed E-state index contributed by atoms with van der Waals surface area (Å²) in [6, 6.07) is 4.57. The van der Waals surface area contributed by atoms with Gasteiger partial charge in [0.15, 0.2) is 0 Å². The predicted octanol–water partition coefficient (Wildman–Crippen LogP) is 4.97.